The highest BCUT2D eigenvalue weighted by molar-refractivity contribution is 5.75. The van der Waals surface area contributed by atoms with E-state index < -0.39 is 23.7 Å². The van der Waals surface area contributed by atoms with Crippen LogP contribution in [-0.4, -0.2) is 31.5 Å². The van der Waals surface area contributed by atoms with Gasteiger partial charge in [-0.05, 0) is 26.7 Å². The molecule has 0 fully saturated rings. The number of hydrogen-bond acceptors (Lipinski definition) is 3. The largest absolute Gasteiger partial charge is 0.463 e. The minimum Gasteiger partial charge on any atom is -0.463 e. The number of carbonyl (C=O) groups is 1. The van der Waals surface area contributed by atoms with Crippen LogP contribution < -0.4 is 0 Å². The highest BCUT2D eigenvalue weighted by atomic mass is 19.4. The van der Waals surface area contributed by atoms with E-state index in [1.165, 1.54) is 6.92 Å². The van der Waals surface area contributed by atoms with E-state index in [1.54, 1.807) is 13.8 Å². The maximum Gasteiger partial charge on any atom is 0.414 e. The molecule has 0 aromatic carbocycles. The third-order valence-corrected chi connectivity index (χ3v) is 2.81. The van der Waals surface area contributed by atoms with Crippen LogP contribution in [0, 0.1) is 5.41 Å². The molecular weight excluding hydrogens is 249 g/mol. The number of carbonyl (C=O) groups excluding carboxylic acids is 1. The second-order valence-corrected chi connectivity index (χ2v) is 4.68. The van der Waals surface area contributed by atoms with Crippen molar-refractivity contribution in [2.45, 2.75) is 52.8 Å². The third-order valence-electron chi connectivity index (χ3n) is 2.81. The Morgan fingerprint density at radius 1 is 1.17 bits per heavy atom. The zero-order valence-corrected chi connectivity index (χ0v) is 11.3. The van der Waals surface area contributed by atoms with E-state index in [2.05, 4.69) is 4.74 Å². The Labute approximate surface area is 106 Å². The number of halogens is 3. The monoisotopic (exact) mass is 270 g/mol. The molecule has 1 unspecified atom stereocenters. The average Bonchev–Trinajstić information content (AvgIpc) is 2.26. The standard InChI is InChI=1S/C12H21F3O3/c1-5-9(12(13,14)15)17-7-8-18-10(16)11(3,4)6-2/h9H,5-8H2,1-4H3. The van der Waals surface area contributed by atoms with Gasteiger partial charge in [0, 0.05) is 0 Å². The van der Waals surface area contributed by atoms with Crippen LogP contribution >= 0.6 is 0 Å². The topological polar surface area (TPSA) is 35.5 Å². The lowest BCUT2D eigenvalue weighted by molar-refractivity contribution is -0.223. The average molecular weight is 270 g/mol. The molecule has 1 atom stereocenters. The normalized spacial score (nSPS) is 14.4. The second-order valence-electron chi connectivity index (χ2n) is 4.68. The van der Waals surface area contributed by atoms with E-state index in [0.29, 0.717) is 6.42 Å². The van der Waals surface area contributed by atoms with Crippen LogP contribution in [0.1, 0.15) is 40.5 Å². The molecule has 0 aliphatic rings. The summed E-state index contributed by atoms with van der Waals surface area (Å²) in [6.45, 7) is 6.28. The molecule has 0 saturated heterocycles. The van der Waals surface area contributed by atoms with Gasteiger partial charge >= 0.3 is 12.1 Å². The molecule has 0 radical (unpaired) electrons. The summed E-state index contributed by atoms with van der Waals surface area (Å²) >= 11 is 0. The summed E-state index contributed by atoms with van der Waals surface area (Å²) in [7, 11) is 0. The molecule has 0 aromatic rings. The molecule has 0 aliphatic heterocycles. The SMILES string of the molecule is CCC(OCCOC(=O)C(C)(C)CC)C(F)(F)F. The fourth-order valence-corrected chi connectivity index (χ4v) is 1.11. The van der Waals surface area contributed by atoms with Gasteiger partial charge in [-0.25, -0.2) is 0 Å². The third kappa shape index (κ3) is 5.71. The lowest BCUT2D eigenvalue weighted by atomic mass is 9.91. The van der Waals surface area contributed by atoms with Gasteiger partial charge in [0.1, 0.15) is 6.61 Å². The quantitative estimate of drug-likeness (QED) is 0.526. The van der Waals surface area contributed by atoms with Crippen molar-refractivity contribution in [3.8, 4) is 0 Å². The number of rotatable bonds is 7. The van der Waals surface area contributed by atoms with Crippen molar-refractivity contribution >= 4 is 5.97 Å². The fourth-order valence-electron chi connectivity index (χ4n) is 1.11. The summed E-state index contributed by atoms with van der Waals surface area (Å²) in [6.07, 6.45) is -5.72. The predicted octanol–water partition coefficient (Wildman–Crippen LogP) is 3.32. The molecule has 6 heteroatoms. The Morgan fingerprint density at radius 3 is 2.11 bits per heavy atom. The first kappa shape index (κ1) is 17.2. The van der Waals surface area contributed by atoms with Crippen LogP contribution in [0.5, 0.6) is 0 Å². The highest BCUT2D eigenvalue weighted by Crippen LogP contribution is 2.25. The predicted molar refractivity (Wildman–Crippen MR) is 61.1 cm³/mol. The van der Waals surface area contributed by atoms with Crippen LogP contribution in [0.4, 0.5) is 13.2 Å². The first-order valence-corrected chi connectivity index (χ1v) is 6.00. The minimum atomic E-state index is -4.37. The summed E-state index contributed by atoms with van der Waals surface area (Å²) in [6, 6.07) is 0. The van der Waals surface area contributed by atoms with Gasteiger partial charge in [0.25, 0.3) is 0 Å². The second kappa shape index (κ2) is 6.97. The van der Waals surface area contributed by atoms with Crippen molar-refractivity contribution in [1.29, 1.82) is 0 Å². The van der Waals surface area contributed by atoms with Crippen LogP contribution in [0.25, 0.3) is 0 Å². The lowest BCUT2D eigenvalue weighted by Crippen LogP contribution is -2.33. The molecule has 18 heavy (non-hydrogen) atoms. The van der Waals surface area contributed by atoms with Crippen molar-refractivity contribution in [3.63, 3.8) is 0 Å². The number of alkyl halides is 3. The van der Waals surface area contributed by atoms with Crippen LogP contribution in [0.3, 0.4) is 0 Å². The van der Waals surface area contributed by atoms with Crippen molar-refractivity contribution in [2.75, 3.05) is 13.2 Å². The molecule has 0 aromatic heterocycles. The molecule has 3 nitrogen and oxygen atoms in total. The van der Waals surface area contributed by atoms with E-state index in [-0.39, 0.29) is 19.6 Å². The van der Waals surface area contributed by atoms with E-state index in [0.717, 1.165) is 0 Å². The maximum absolute atomic E-state index is 12.3. The summed E-state index contributed by atoms with van der Waals surface area (Å²) < 4.78 is 46.5. The Bertz CT molecular complexity index is 262. The van der Waals surface area contributed by atoms with Crippen LogP contribution in [0.2, 0.25) is 0 Å². The van der Waals surface area contributed by atoms with Gasteiger partial charge in [-0.15, -0.1) is 0 Å². The van der Waals surface area contributed by atoms with Gasteiger partial charge in [0.05, 0.1) is 12.0 Å². The molecule has 108 valence electrons. The zero-order chi connectivity index (χ0) is 14.4. The number of hydrogen-bond donors (Lipinski definition) is 0. The summed E-state index contributed by atoms with van der Waals surface area (Å²) in [5, 5.41) is 0. The maximum atomic E-state index is 12.3. The van der Waals surface area contributed by atoms with E-state index >= 15 is 0 Å². The Morgan fingerprint density at radius 2 is 1.72 bits per heavy atom. The number of esters is 1. The van der Waals surface area contributed by atoms with Gasteiger partial charge in [-0.3, -0.25) is 4.79 Å². The first-order chi connectivity index (χ1) is 8.15. The van der Waals surface area contributed by atoms with Gasteiger partial charge in [-0.1, -0.05) is 13.8 Å². The summed E-state index contributed by atoms with van der Waals surface area (Å²) in [4.78, 5) is 11.5. The van der Waals surface area contributed by atoms with Gasteiger partial charge < -0.3 is 9.47 Å². The summed E-state index contributed by atoms with van der Waals surface area (Å²) in [5.41, 5.74) is -0.617. The first-order valence-electron chi connectivity index (χ1n) is 6.00. The molecule has 0 bridgehead atoms. The van der Waals surface area contributed by atoms with Crippen molar-refractivity contribution in [1.82, 2.24) is 0 Å². The molecule has 0 spiro atoms. The molecule has 0 rings (SSSR count). The molecule has 0 heterocycles. The Balaban J connectivity index is 3.97. The zero-order valence-electron chi connectivity index (χ0n) is 11.3. The summed E-state index contributed by atoms with van der Waals surface area (Å²) in [5.74, 6) is -0.423. The van der Waals surface area contributed by atoms with Crippen molar-refractivity contribution in [2.24, 2.45) is 5.41 Å². The van der Waals surface area contributed by atoms with Gasteiger partial charge in [-0.2, -0.15) is 13.2 Å². The molecule has 0 amide bonds. The molecule has 0 aliphatic carbocycles. The minimum absolute atomic E-state index is 0.155. The van der Waals surface area contributed by atoms with Crippen LogP contribution in [-0.2, 0) is 14.3 Å². The van der Waals surface area contributed by atoms with Crippen molar-refractivity contribution in [3.05, 3.63) is 0 Å². The van der Waals surface area contributed by atoms with E-state index in [1.807, 2.05) is 6.92 Å². The Hall–Kier alpha value is -0.780. The van der Waals surface area contributed by atoms with Gasteiger partial charge in [0.2, 0.25) is 0 Å². The van der Waals surface area contributed by atoms with E-state index in [4.69, 9.17) is 4.74 Å². The van der Waals surface area contributed by atoms with E-state index in [9.17, 15) is 18.0 Å². The smallest absolute Gasteiger partial charge is 0.414 e. The fraction of sp³-hybridized carbons (Fsp3) is 0.917. The number of ether oxygens (including phenoxy) is 2. The Kier molecular flexibility index (Phi) is 6.67. The van der Waals surface area contributed by atoms with Gasteiger partial charge in [0.15, 0.2) is 6.10 Å². The lowest BCUT2D eigenvalue weighted by Gasteiger charge is -2.22. The molecular formula is C12H21F3O3. The molecule has 0 saturated carbocycles. The van der Waals surface area contributed by atoms with Crippen molar-refractivity contribution < 1.29 is 27.4 Å². The van der Waals surface area contributed by atoms with Crippen LogP contribution in [0.15, 0.2) is 0 Å². The molecule has 0 N–H and O–H groups in total. The highest BCUT2D eigenvalue weighted by Gasteiger charge is 2.39.